The van der Waals surface area contributed by atoms with E-state index in [1.54, 1.807) is 0 Å². The molecule has 19 heavy (non-hydrogen) atoms. The minimum atomic E-state index is 0.219. The summed E-state index contributed by atoms with van der Waals surface area (Å²) in [7, 11) is 0. The summed E-state index contributed by atoms with van der Waals surface area (Å²) in [6.07, 6.45) is 0. The van der Waals surface area contributed by atoms with Gasteiger partial charge in [0.25, 0.3) is 0 Å². The molecular weight excluding hydrogens is 252 g/mol. The topological polar surface area (TPSA) is 15.3 Å². The lowest BCUT2D eigenvalue weighted by Gasteiger charge is -2.29. The van der Waals surface area contributed by atoms with E-state index in [1.807, 2.05) is 11.3 Å². The first-order chi connectivity index (χ1) is 9.05. The van der Waals surface area contributed by atoms with E-state index in [9.17, 15) is 0 Å². The van der Waals surface area contributed by atoms with Crippen molar-refractivity contribution in [2.24, 2.45) is 0 Å². The SMILES string of the molecule is CC(C)(C)c1ccc2scc(N3CCNCC3)c2c1. The van der Waals surface area contributed by atoms with Crippen LogP contribution in [-0.4, -0.2) is 26.2 Å². The molecule has 3 heteroatoms. The second-order valence-corrected chi connectivity index (χ2v) is 7.23. The lowest BCUT2D eigenvalue weighted by Crippen LogP contribution is -2.43. The third-order valence-electron chi connectivity index (χ3n) is 3.88. The Bertz CT molecular complexity index is 574. The highest BCUT2D eigenvalue weighted by atomic mass is 32.1. The summed E-state index contributed by atoms with van der Waals surface area (Å²) in [5.74, 6) is 0. The van der Waals surface area contributed by atoms with Gasteiger partial charge in [0.2, 0.25) is 0 Å². The van der Waals surface area contributed by atoms with Crippen molar-refractivity contribution < 1.29 is 0 Å². The molecular formula is C16H22N2S. The molecule has 2 heterocycles. The average Bonchev–Trinajstić information content (AvgIpc) is 2.81. The van der Waals surface area contributed by atoms with Crippen LogP contribution < -0.4 is 10.2 Å². The molecule has 1 saturated heterocycles. The molecule has 0 radical (unpaired) electrons. The first-order valence-electron chi connectivity index (χ1n) is 7.03. The highest BCUT2D eigenvalue weighted by molar-refractivity contribution is 7.17. The molecule has 0 saturated carbocycles. The zero-order chi connectivity index (χ0) is 13.5. The van der Waals surface area contributed by atoms with Crippen molar-refractivity contribution in [2.45, 2.75) is 26.2 Å². The van der Waals surface area contributed by atoms with Crippen molar-refractivity contribution in [1.29, 1.82) is 0 Å². The van der Waals surface area contributed by atoms with Gasteiger partial charge in [-0.25, -0.2) is 0 Å². The molecule has 0 aliphatic carbocycles. The van der Waals surface area contributed by atoms with Crippen molar-refractivity contribution >= 4 is 27.1 Å². The van der Waals surface area contributed by atoms with Crippen LogP contribution >= 0.6 is 11.3 Å². The van der Waals surface area contributed by atoms with Gasteiger partial charge in [0, 0.05) is 41.6 Å². The Morgan fingerprint density at radius 1 is 1.16 bits per heavy atom. The number of nitrogens with zero attached hydrogens (tertiary/aromatic N) is 1. The summed E-state index contributed by atoms with van der Waals surface area (Å²) in [6.45, 7) is 11.3. The molecule has 1 aromatic heterocycles. The van der Waals surface area contributed by atoms with Crippen molar-refractivity contribution in [3.05, 3.63) is 29.1 Å². The largest absolute Gasteiger partial charge is 0.368 e. The number of anilines is 1. The number of hydrogen-bond donors (Lipinski definition) is 1. The van der Waals surface area contributed by atoms with Gasteiger partial charge in [-0.2, -0.15) is 0 Å². The Morgan fingerprint density at radius 3 is 2.58 bits per heavy atom. The van der Waals surface area contributed by atoms with Crippen molar-refractivity contribution in [2.75, 3.05) is 31.1 Å². The summed E-state index contributed by atoms with van der Waals surface area (Å²) in [5, 5.41) is 7.17. The van der Waals surface area contributed by atoms with E-state index in [0.717, 1.165) is 26.2 Å². The minimum absolute atomic E-state index is 0.219. The van der Waals surface area contributed by atoms with E-state index in [0.29, 0.717) is 0 Å². The third kappa shape index (κ3) is 2.49. The van der Waals surface area contributed by atoms with Crippen molar-refractivity contribution in [3.63, 3.8) is 0 Å². The van der Waals surface area contributed by atoms with Gasteiger partial charge in [-0.1, -0.05) is 26.8 Å². The van der Waals surface area contributed by atoms with Crippen LogP contribution in [0.3, 0.4) is 0 Å². The van der Waals surface area contributed by atoms with Crippen LogP contribution in [0.2, 0.25) is 0 Å². The smallest absolute Gasteiger partial charge is 0.0555 e. The highest BCUT2D eigenvalue weighted by Gasteiger charge is 2.18. The maximum absolute atomic E-state index is 3.42. The van der Waals surface area contributed by atoms with Crippen LogP contribution in [-0.2, 0) is 5.41 Å². The molecule has 3 rings (SSSR count). The number of hydrogen-bond acceptors (Lipinski definition) is 3. The van der Waals surface area contributed by atoms with Gasteiger partial charge in [-0.3, -0.25) is 0 Å². The Kier molecular flexibility index (Phi) is 3.27. The second-order valence-electron chi connectivity index (χ2n) is 6.32. The van der Waals surface area contributed by atoms with Gasteiger partial charge in [0.15, 0.2) is 0 Å². The molecule has 1 N–H and O–H groups in total. The molecule has 1 aliphatic heterocycles. The molecule has 1 aliphatic rings. The minimum Gasteiger partial charge on any atom is -0.368 e. The van der Waals surface area contributed by atoms with Gasteiger partial charge in [0.05, 0.1) is 5.69 Å². The molecule has 2 aromatic rings. The van der Waals surface area contributed by atoms with E-state index < -0.39 is 0 Å². The van der Waals surface area contributed by atoms with Gasteiger partial charge in [-0.15, -0.1) is 11.3 Å². The van der Waals surface area contributed by atoms with Crippen LogP contribution in [0.5, 0.6) is 0 Å². The molecule has 102 valence electrons. The van der Waals surface area contributed by atoms with Gasteiger partial charge >= 0.3 is 0 Å². The average molecular weight is 274 g/mol. The molecule has 2 nitrogen and oxygen atoms in total. The Balaban J connectivity index is 2.05. The van der Waals surface area contributed by atoms with E-state index in [2.05, 4.69) is 54.6 Å². The normalized spacial score (nSPS) is 17.1. The first kappa shape index (κ1) is 12.9. The van der Waals surface area contributed by atoms with E-state index in [-0.39, 0.29) is 5.41 Å². The summed E-state index contributed by atoms with van der Waals surface area (Å²) in [6, 6.07) is 6.95. The summed E-state index contributed by atoms with van der Waals surface area (Å²) in [4.78, 5) is 2.52. The fourth-order valence-electron chi connectivity index (χ4n) is 2.63. The Hall–Kier alpha value is -1.06. The number of nitrogens with one attached hydrogen (secondary N) is 1. The number of piperazine rings is 1. The number of benzene rings is 1. The zero-order valence-corrected chi connectivity index (χ0v) is 12.8. The molecule has 1 aromatic carbocycles. The molecule has 0 unspecified atom stereocenters. The Labute approximate surface area is 119 Å². The second kappa shape index (κ2) is 4.80. The quantitative estimate of drug-likeness (QED) is 0.854. The van der Waals surface area contributed by atoms with Crippen molar-refractivity contribution in [3.8, 4) is 0 Å². The van der Waals surface area contributed by atoms with Crippen LogP contribution in [0.15, 0.2) is 23.6 Å². The third-order valence-corrected chi connectivity index (χ3v) is 4.83. The van der Waals surface area contributed by atoms with E-state index >= 15 is 0 Å². The number of fused-ring (bicyclic) bond motifs is 1. The number of rotatable bonds is 1. The first-order valence-corrected chi connectivity index (χ1v) is 7.91. The summed E-state index contributed by atoms with van der Waals surface area (Å²) < 4.78 is 1.40. The Morgan fingerprint density at radius 2 is 1.89 bits per heavy atom. The van der Waals surface area contributed by atoms with Crippen LogP contribution in [0, 0.1) is 0 Å². The lowest BCUT2D eigenvalue weighted by atomic mass is 9.86. The van der Waals surface area contributed by atoms with E-state index in [4.69, 9.17) is 0 Å². The maximum Gasteiger partial charge on any atom is 0.0555 e. The fraction of sp³-hybridized carbons (Fsp3) is 0.500. The van der Waals surface area contributed by atoms with Crippen LogP contribution in [0.1, 0.15) is 26.3 Å². The maximum atomic E-state index is 3.42. The van der Waals surface area contributed by atoms with Gasteiger partial charge in [0.1, 0.15) is 0 Å². The predicted octanol–water partition coefficient (Wildman–Crippen LogP) is 3.61. The lowest BCUT2D eigenvalue weighted by molar-refractivity contribution is 0.588. The standard InChI is InChI=1S/C16H22N2S/c1-16(2,3)12-4-5-15-13(10-12)14(11-19-15)18-8-6-17-7-9-18/h4-5,10-11,17H,6-9H2,1-3H3. The molecule has 0 bridgehead atoms. The highest BCUT2D eigenvalue weighted by Crippen LogP contribution is 2.36. The molecule has 0 spiro atoms. The molecule has 0 atom stereocenters. The molecule has 0 amide bonds. The summed E-state index contributed by atoms with van der Waals surface area (Å²) >= 11 is 1.86. The van der Waals surface area contributed by atoms with Gasteiger partial charge in [-0.05, 0) is 23.1 Å². The molecule has 1 fully saturated rings. The monoisotopic (exact) mass is 274 g/mol. The van der Waals surface area contributed by atoms with E-state index in [1.165, 1.54) is 21.3 Å². The van der Waals surface area contributed by atoms with Crippen LogP contribution in [0.25, 0.3) is 10.1 Å². The van der Waals surface area contributed by atoms with Crippen LogP contribution in [0.4, 0.5) is 5.69 Å². The fourth-order valence-corrected chi connectivity index (χ4v) is 3.58. The van der Waals surface area contributed by atoms with Crippen molar-refractivity contribution in [1.82, 2.24) is 5.32 Å². The van der Waals surface area contributed by atoms with Gasteiger partial charge < -0.3 is 10.2 Å². The number of thiophene rings is 1. The predicted molar refractivity (Wildman–Crippen MR) is 85.6 cm³/mol. The summed E-state index contributed by atoms with van der Waals surface area (Å²) in [5.41, 5.74) is 3.07. The zero-order valence-electron chi connectivity index (χ0n) is 12.0.